The van der Waals surface area contributed by atoms with Crippen LogP contribution in [0.4, 0.5) is 0 Å². The Morgan fingerprint density at radius 3 is 2.61 bits per heavy atom. The van der Waals surface area contributed by atoms with Gasteiger partial charge in [0.15, 0.2) is 0 Å². The maximum atomic E-state index is 12.8. The molecule has 2 aliphatic heterocycles. The number of hydrogen-bond acceptors (Lipinski definition) is 4. The van der Waals surface area contributed by atoms with Crippen LogP contribution < -0.4 is 4.74 Å². The lowest BCUT2D eigenvalue weighted by Gasteiger charge is -2.27. The van der Waals surface area contributed by atoms with E-state index in [4.69, 9.17) is 16.3 Å². The van der Waals surface area contributed by atoms with Gasteiger partial charge in [-0.3, -0.25) is 9.69 Å². The third-order valence-corrected chi connectivity index (χ3v) is 6.37. The van der Waals surface area contributed by atoms with Crippen LogP contribution in [0, 0.1) is 11.8 Å². The smallest absolute Gasteiger partial charge is 0.227 e. The average Bonchev–Trinajstić information content (AvgIpc) is 3.21. The van der Waals surface area contributed by atoms with E-state index in [0.717, 1.165) is 30.9 Å². The number of hydrogen-bond donors (Lipinski definition) is 1. The van der Waals surface area contributed by atoms with Crippen molar-refractivity contribution in [3.63, 3.8) is 0 Å². The molecule has 0 aromatic heterocycles. The van der Waals surface area contributed by atoms with E-state index < -0.39 is 0 Å². The number of carbonyl (C=O) groups excluding carboxylic acids is 1. The first kappa shape index (κ1) is 19.1. The number of methoxy groups -OCH3 is 1. The quantitative estimate of drug-likeness (QED) is 0.855. The van der Waals surface area contributed by atoms with Crippen molar-refractivity contribution in [1.29, 1.82) is 0 Å². The number of likely N-dealkylation sites (tertiary alicyclic amines) is 2. The second-order valence-corrected chi connectivity index (χ2v) is 8.25. The summed E-state index contributed by atoms with van der Waals surface area (Å²) in [6.07, 6.45) is 0.308. The Morgan fingerprint density at radius 1 is 1.18 bits per heavy atom. The number of fused-ring (bicyclic) bond motifs is 1. The van der Waals surface area contributed by atoms with Crippen molar-refractivity contribution in [2.24, 2.45) is 11.8 Å². The Kier molecular flexibility index (Phi) is 5.21. The molecule has 2 heterocycles. The number of aromatic hydroxyl groups is 1. The second-order valence-electron chi connectivity index (χ2n) is 7.84. The van der Waals surface area contributed by atoms with Gasteiger partial charge < -0.3 is 14.7 Å². The summed E-state index contributed by atoms with van der Waals surface area (Å²) < 4.78 is 5.27. The third kappa shape index (κ3) is 3.56. The minimum atomic E-state index is 0.0407. The molecule has 1 amide bonds. The zero-order valence-corrected chi connectivity index (χ0v) is 16.9. The Balaban J connectivity index is 1.46. The van der Waals surface area contributed by atoms with Crippen molar-refractivity contribution < 1.29 is 14.6 Å². The molecular weight excluding hydrogens is 376 g/mol. The number of rotatable bonds is 4. The Hall–Kier alpha value is -2.24. The minimum absolute atomic E-state index is 0.0407. The molecule has 3 atom stereocenters. The van der Waals surface area contributed by atoms with Gasteiger partial charge in [0.2, 0.25) is 5.91 Å². The molecule has 2 fully saturated rings. The third-order valence-electron chi connectivity index (χ3n) is 6.07. The number of benzene rings is 2. The highest BCUT2D eigenvalue weighted by molar-refractivity contribution is 6.32. The molecule has 0 unspecified atom stereocenters. The van der Waals surface area contributed by atoms with Gasteiger partial charge in [-0.15, -0.1) is 0 Å². The van der Waals surface area contributed by atoms with E-state index >= 15 is 0 Å². The average molecular weight is 401 g/mol. The lowest BCUT2D eigenvalue weighted by atomic mass is 9.89. The van der Waals surface area contributed by atoms with Crippen LogP contribution in [-0.2, 0) is 11.2 Å². The molecule has 148 valence electrons. The summed E-state index contributed by atoms with van der Waals surface area (Å²) in [6, 6.07) is 13.5. The van der Waals surface area contributed by atoms with Gasteiger partial charge in [0.1, 0.15) is 11.5 Å². The first-order chi connectivity index (χ1) is 13.5. The van der Waals surface area contributed by atoms with E-state index in [1.165, 1.54) is 5.56 Å². The number of phenolic OH excluding ortho intramolecular Hbond substituents is 1. The fraction of sp³-hybridized carbons (Fsp3) is 0.409. The molecule has 0 saturated carbocycles. The van der Waals surface area contributed by atoms with Gasteiger partial charge in [0, 0.05) is 31.6 Å². The molecule has 1 N–H and O–H groups in total. The van der Waals surface area contributed by atoms with Crippen LogP contribution in [0.1, 0.15) is 17.2 Å². The molecule has 6 heteroatoms. The predicted molar refractivity (Wildman–Crippen MR) is 109 cm³/mol. The van der Waals surface area contributed by atoms with Gasteiger partial charge >= 0.3 is 0 Å². The maximum Gasteiger partial charge on any atom is 0.227 e. The normalized spacial score (nSPS) is 24.4. The van der Waals surface area contributed by atoms with Crippen molar-refractivity contribution in [2.75, 3.05) is 33.8 Å². The van der Waals surface area contributed by atoms with Crippen LogP contribution in [0.15, 0.2) is 42.5 Å². The van der Waals surface area contributed by atoms with Crippen molar-refractivity contribution in [1.82, 2.24) is 9.80 Å². The van der Waals surface area contributed by atoms with E-state index in [0.29, 0.717) is 24.3 Å². The van der Waals surface area contributed by atoms with E-state index in [-0.39, 0.29) is 16.7 Å². The van der Waals surface area contributed by atoms with Crippen LogP contribution >= 0.6 is 11.6 Å². The molecule has 5 nitrogen and oxygen atoms in total. The zero-order chi connectivity index (χ0) is 19.8. The standard InChI is InChI=1S/C22H25ClN2O3/c1-24-11-16-12-25(21(27)10-14-3-8-20(26)19(23)9-14)13-18(16)22(24)15-4-6-17(28-2)7-5-15/h3-9,16,18,22,26H,10-13H2,1-2H3/t16-,18+,22+/m0/s1. The van der Waals surface area contributed by atoms with E-state index in [2.05, 4.69) is 24.1 Å². The molecule has 2 aromatic carbocycles. The second kappa shape index (κ2) is 7.64. The summed E-state index contributed by atoms with van der Waals surface area (Å²) in [7, 11) is 3.84. The molecular formula is C22H25ClN2O3. The zero-order valence-electron chi connectivity index (χ0n) is 16.1. The molecule has 0 aliphatic carbocycles. The highest BCUT2D eigenvalue weighted by atomic mass is 35.5. The van der Waals surface area contributed by atoms with Gasteiger partial charge in [0.05, 0.1) is 18.6 Å². The fourth-order valence-electron chi connectivity index (χ4n) is 4.71. The SMILES string of the molecule is COc1ccc([C@@H]2[C@@H]3CN(C(=O)Cc4ccc(O)c(Cl)c4)C[C@@H]3CN2C)cc1. The van der Waals surface area contributed by atoms with Crippen LogP contribution in [-0.4, -0.2) is 54.6 Å². The molecule has 4 rings (SSSR count). The monoisotopic (exact) mass is 400 g/mol. The molecule has 0 radical (unpaired) electrons. The van der Waals surface area contributed by atoms with Gasteiger partial charge in [-0.2, -0.15) is 0 Å². The number of amides is 1. The van der Waals surface area contributed by atoms with Crippen LogP contribution in [0.25, 0.3) is 0 Å². The first-order valence-electron chi connectivity index (χ1n) is 9.55. The summed E-state index contributed by atoms with van der Waals surface area (Å²) in [5, 5.41) is 9.84. The molecule has 0 bridgehead atoms. The van der Waals surface area contributed by atoms with E-state index in [9.17, 15) is 9.90 Å². The van der Waals surface area contributed by atoms with Gasteiger partial charge in [-0.25, -0.2) is 0 Å². The summed E-state index contributed by atoms with van der Waals surface area (Å²) in [5.41, 5.74) is 2.10. The largest absolute Gasteiger partial charge is 0.506 e. The lowest BCUT2D eigenvalue weighted by Crippen LogP contribution is -2.34. The highest BCUT2D eigenvalue weighted by Gasteiger charge is 2.47. The summed E-state index contributed by atoms with van der Waals surface area (Å²) >= 11 is 5.97. The maximum absolute atomic E-state index is 12.8. The Bertz CT molecular complexity index is 871. The summed E-state index contributed by atoms with van der Waals surface area (Å²) in [6.45, 7) is 2.57. The van der Waals surface area contributed by atoms with Crippen molar-refractivity contribution in [3.05, 3.63) is 58.6 Å². The molecule has 2 aliphatic rings. The summed E-state index contributed by atoms with van der Waals surface area (Å²) in [4.78, 5) is 17.2. The molecule has 0 spiro atoms. The summed E-state index contributed by atoms with van der Waals surface area (Å²) in [5.74, 6) is 1.94. The topological polar surface area (TPSA) is 53.0 Å². The van der Waals surface area contributed by atoms with Crippen molar-refractivity contribution in [2.45, 2.75) is 12.5 Å². The van der Waals surface area contributed by atoms with Crippen LogP contribution in [0.2, 0.25) is 5.02 Å². The van der Waals surface area contributed by atoms with Crippen LogP contribution in [0.3, 0.4) is 0 Å². The number of phenols is 1. The van der Waals surface area contributed by atoms with Crippen molar-refractivity contribution in [3.8, 4) is 11.5 Å². The van der Waals surface area contributed by atoms with Crippen LogP contribution in [0.5, 0.6) is 11.5 Å². The van der Waals surface area contributed by atoms with E-state index in [1.54, 1.807) is 25.3 Å². The van der Waals surface area contributed by atoms with Gasteiger partial charge in [0.25, 0.3) is 0 Å². The number of halogens is 1. The predicted octanol–water partition coefficient (Wildman–Crippen LogP) is 3.36. The highest BCUT2D eigenvalue weighted by Crippen LogP contribution is 2.44. The molecule has 2 saturated heterocycles. The Labute approximate surface area is 170 Å². The number of carbonyl (C=O) groups is 1. The lowest BCUT2D eigenvalue weighted by molar-refractivity contribution is -0.129. The van der Waals surface area contributed by atoms with E-state index in [1.807, 2.05) is 17.0 Å². The van der Waals surface area contributed by atoms with Crippen molar-refractivity contribution >= 4 is 17.5 Å². The molecule has 28 heavy (non-hydrogen) atoms. The Morgan fingerprint density at radius 2 is 1.93 bits per heavy atom. The van der Waals surface area contributed by atoms with Gasteiger partial charge in [-0.1, -0.05) is 29.8 Å². The number of nitrogens with zero attached hydrogens (tertiary/aromatic N) is 2. The van der Waals surface area contributed by atoms with Gasteiger partial charge in [-0.05, 0) is 48.4 Å². The number of ether oxygens (including phenoxy) is 1. The fourth-order valence-corrected chi connectivity index (χ4v) is 4.91. The molecule has 2 aromatic rings. The first-order valence-corrected chi connectivity index (χ1v) is 9.93. The minimum Gasteiger partial charge on any atom is -0.506 e.